The summed E-state index contributed by atoms with van der Waals surface area (Å²) in [5, 5.41) is 3.98. The lowest BCUT2D eigenvalue weighted by molar-refractivity contribution is 0.360. The molecule has 1 heterocycles. The molecule has 96 valence electrons. The van der Waals surface area contributed by atoms with E-state index < -0.39 is 0 Å². The summed E-state index contributed by atoms with van der Waals surface area (Å²) in [6, 6.07) is 0.201. The normalized spacial score (nSPS) is 17.6. The highest BCUT2D eigenvalue weighted by Gasteiger charge is 2.29. The van der Waals surface area contributed by atoms with Gasteiger partial charge in [-0.1, -0.05) is 19.0 Å². The summed E-state index contributed by atoms with van der Waals surface area (Å²) in [5.74, 6) is 4.85. The van der Waals surface area contributed by atoms with Crippen LogP contribution in [0.5, 0.6) is 0 Å². The zero-order valence-electron chi connectivity index (χ0n) is 10.6. The van der Waals surface area contributed by atoms with Crippen molar-refractivity contribution >= 4 is 11.8 Å². The van der Waals surface area contributed by atoms with Crippen LogP contribution in [0.2, 0.25) is 0 Å². The minimum Gasteiger partial charge on any atom is -0.339 e. The fourth-order valence-electron chi connectivity index (χ4n) is 1.71. The molecule has 0 amide bonds. The second-order valence-corrected chi connectivity index (χ2v) is 6.25. The maximum Gasteiger partial charge on any atom is 0.228 e. The summed E-state index contributed by atoms with van der Waals surface area (Å²) in [6.45, 7) is 4.42. The van der Waals surface area contributed by atoms with E-state index in [9.17, 15) is 0 Å². The third-order valence-corrected chi connectivity index (χ3v) is 4.20. The molecule has 1 aromatic heterocycles. The molecule has 0 aromatic carbocycles. The molecule has 1 saturated carbocycles. The molecule has 1 aliphatic carbocycles. The highest BCUT2D eigenvalue weighted by atomic mass is 32.2. The van der Waals surface area contributed by atoms with E-state index in [-0.39, 0.29) is 6.04 Å². The Balaban J connectivity index is 1.74. The Bertz CT molecular complexity index is 349. The molecule has 0 saturated heterocycles. The Kier molecular flexibility index (Phi) is 4.45. The Morgan fingerprint density at radius 2 is 2.24 bits per heavy atom. The molecule has 0 spiro atoms. The van der Waals surface area contributed by atoms with E-state index in [4.69, 9.17) is 10.3 Å². The third-order valence-electron chi connectivity index (χ3n) is 2.83. The SMILES string of the molecule is CC(C)CSCc1noc(CC(N)C2CC2)n1. The van der Waals surface area contributed by atoms with E-state index in [0.29, 0.717) is 17.7 Å². The van der Waals surface area contributed by atoms with Crippen molar-refractivity contribution < 1.29 is 4.52 Å². The summed E-state index contributed by atoms with van der Waals surface area (Å²) in [5.41, 5.74) is 6.03. The number of aromatic nitrogens is 2. The Morgan fingerprint density at radius 3 is 2.88 bits per heavy atom. The Morgan fingerprint density at radius 1 is 1.47 bits per heavy atom. The van der Waals surface area contributed by atoms with Crippen molar-refractivity contribution in [1.29, 1.82) is 0 Å². The standard InChI is InChI=1S/C12H21N3OS/c1-8(2)6-17-7-11-14-12(16-15-11)5-10(13)9-3-4-9/h8-10H,3-7,13H2,1-2H3. The predicted octanol–water partition coefficient (Wildman–Crippen LogP) is 2.24. The molecule has 2 N–H and O–H groups in total. The van der Waals surface area contributed by atoms with E-state index in [1.54, 1.807) is 0 Å². The van der Waals surface area contributed by atoms with Gasteiger partial charge in [0.25, 0.3) is 0 Å². The van der Waals surface area contributed by atoms with E-state index in [2.05, 4.69) is 24.0 Å². The largest absolute Gasteiger partial charge is 0.339 e. The fraction of sp³-hybridized carbons (Fsp3) is 0.833. The third kappa shape index (κ3) is 4.32. The monoisotopic (exact) mass is 255 g/mol. The van der Waals surface area contributed by atoms with Crippen LogP contribution in [0.4, 0.5) is 0 Å². The first kappa shape index (κ1) is 12.9. The first-order valence-corrected chi connectivity index (χ1v) is 7.45. The van der Waals surface area contributed by atoms with Gasteiger partial charge in [0.1, 0.15) is 0 Å². The molecular weight excluding hydrogens is 234 g/mol. The molecule has 5 heteroatoms. The quantitative estimate of drug-likeness (QED) is 0.809. The number of nitrogens with zero attached hydrogens (tertiary/aromatic N) is 2. The topological polar surface area (TPSA) is 64.9 Å². The molecule has 4 nitrogen and oxygen atoms in total. The number of hydrogen-bond acceptors (Lipinski definition) is 5. The average Bonchev–Trinajstić information content (AvgIpc) is 3.02. The predicted molar refractivity (Wildman–Crippen MR) is 69.7 cm³/mol. The van der Waals surface area contributed by atoms with Crippen LogP contribution in [0.25, 0.3) is 0 Å². The van der Waals surface area contributed by atoms with Crippen LogP contribution in [0.3, 0.4) is 0 Å². The molecular formula is C12H21N3OS. The number of rotatable bonds is 7. The molecule has 2 rings (SSSR count). The number of hydrogen-bond donors (Lipinski definition) is 1. The van der Waals surface area contributed by atoms with Gasteiger partial charge in [-0.2, -0.15) is 16.7 Å². The van der Waals surface area contributed by atoms with Gasteiger partial charge in [0.2, 0.25) is 5.89 Å². The van der Waals surface area contributed by atoms with E-state index in [1.807, 2.05) is 11.8 Å². The van der Waals surface area contributed by atoms with Gasteiger partial charge in [0, 0.05) is 12.5 Å². The highest BCUT2D eigenvalue weighted by Crippen LogP contribution is 2.32. The van der Waals surface area contributed by atoms with Crippen LogP contribution in [0.15, 0.2) is 4.52 Å². The summed E-state index contributed by atoms with van der Waals surface area (Å²) in [4.78, 5) is 4.38. The molecule has 17 heavy (non-hydrogen) atoms. The minimum atomic E-state index is 0.201. The second kappa shape index (κ2) is 5.87. The molecule has 1 fully saturated rings. The van der Waals surface area contributed by atoms with Gasteiger partial charge in [0.15, 0.2) is 5.82 Å². The molecule has 0 aliphatic heterocycles. The number of nitrogens with two attached hydrogens (primary N) is 1. The molecule has 0 radical (unpaired) electrons. The van der Waals surface area contributed by atoms with Gasteiger partial charge in [-0.25, -0.2) is 0 Å². The van der Waals surface area contributed by atoms with Gasteiger partial charge < -0.3 is 10.3 Å². The van der Waals surface area contributed by atoms with Crippen molar-refractivity contribution in [3.8, 4) is 0 Å². The molecule has 1 aromatic rings. The van der Waals surface area contributed by atoms with Crippen molar-refractivity contribution in [2.75, 3.05) is 5.75 Å². The van der Waals surface area contributed by atoms with Gasteiger partial charge >= 0.3 is 0 Å². The fourth-order valence-corrected chi connectivity index (χ4v) is 2.60. The van der Waals surface area contributed by atoms with Crippen LogP contribution < -0.4 is 5.73 Å². The van der Waals surface area contributed by atoms with E-state index in [0.717, 1.165) is 23.8 Å². The first-order valence-electron chi connectivity index (χ1n) is 6.30. The highest BCUT2D eigenvalue weighted by molar-refractivity contribution is 7.98. The smallest absolute Gasteiger partial charge is 0.228 e. The van der Waals surface area contributed by atoms with Gasteiger partial charge in [-0.15, -0.1) is 0 Å². The maximum atomic E-state index is 6.03. The van der Waals surface area contributed by atoms with E-state index >= 15 is 0 Å². The van der Waals surface area contributed by atoms with Gasteiger partial charge in [-0.3, -0.25) is 0 Å². The van der Waals surface area contributed by atoms with E-state index in [1.165, 1.54) is 12.8 Å². The molecule has 1 aliphatic rings. The lowest BCUT2D eigenvalue weighted by Crippen LogP contribution is -2.25. The lowest BCUT2D eigenvalue weighted by Gasteiger charge is -2.04. The van der Waals surface area contributed by atoms with Crippen molar-refractivity contribution in [2.24, 2.45) is 17.6 Å². The molecule has 0 bridgehead atoms. The zero-order valence-corrected chi connectivity index (χ0v) is 11.4. The summed E-state index contributed by atoms with van der Waals surface area (Å²) in [7, 11) is 0. The minimum absolute atomic E-state index is 0.201. The van der Waals surface area contributed by atoms with Gasteiger partial charge in [-0.05, 0) is 30.4 Å². The lowest BCUT2D eigenvalue weighted by atomic mass is 10.1. The average molecular weight is 255 g/mol. The Labute approximate surface area is 107 Å². The first-order chi connectivity index (χ1) is 8.15. The van der Waals surface area contributed by atoms with Crippen LogP contribution in [0, 0.1) is 11.8 Å². The summed E-state index contributed by atoms with van der Waals surface area (Å²) < 4.78 is 5.22. The molecule has 1 unspecified atom stereocenters. The van der Waals surface area contributed by atoms with Crippen LogP contribution in [-0.4, -0.2) is 21.9 Å². The van der Waals surface area contributed by atoms with Crippen LogP contribution >= 0.6 is 11.8 Å². The van der Waals surface area contributed by atoms with Crippen LogP contribution in [-0.2, 0) is 12.2 Å². The molecule has 1 atom stereocenters. The Hall–Kier alpha value is -0.550. The zero-order chi connectivity index (χ0) is 12.3. The van der Waals surface area contributed by atoms with Crippen molar-refractivity contribution in [3.05, 3.63) is 11.7 Å². The van der Waals surface area contributed by atoms with Crippen LogP contribution in [0.1, 0.15) is 38.4 Å². The van der Waals surface area contributed by atoms with Crippen molar-refractivity contribution in [3.63, 3.8) is 0 Å². The second-order valence-electron chi connectivity index (χ2n) is 5.22. The van der Waals surface area contributed by atoms with Gasteiger partial charge in [0.05, 0.1) is 5.75 Å². The van der Waals surface area contributed by atoms with Crippen molar-refractivity contribution in [1.82, 2.24) is 10.1 Å². The van der Waals surface area contributed by atoms with Crippen molar-refractivity contribution in [2.45, 2.75) is 44.9 Å². The summed E-state index contributed by atoms with van der Waals surface area (Å²) in [6.07, 6.45) is 3.24. The maximum absolute atomic E-state index is 6.03. The number of thioether (sulfide) groups is 1. The summed E-state index contributed by atoms with van der Waals surface area (Å²) >= 11 is 1.85.